The minimum absolute atomic E-state index is 0.561. The number of aromatic nitrogens is 2. The van der Waals surface area contributed by atoms with Crippen molar-refractivity contribution in [3.63, 3.8) is 0 Å². The minimum Gasteiger partial charge on any atom is -0.382 e. The van der Waals surface area contributed by atoms with Gasteiger partial charge < -0.3 is 5.73 Å². The predicted molar refractivity (Wildman–Crippen MR) is 67.1 cm³/mol. The average Bonchev–Trinajstić information content (AvgIpc) is 2.58. The smallest absolute Gasteiger partial charge is 0.146 e. The number of nitrogen functional groups attached to an aromatic ring is 1. The van der Waals surface area contributed by atoms with Crippen LogP contribution in [0.5, 0.6) is 0 Å². The first-order chi connectivity index (χ1) is 7.58. The van der Waals surface area contributed by atoms with E-state index in [4.69, 9.17) is 5.73 Å². The summed E-state index contributed by atoms with van der Waals surface area (Å²) < 4.78 is 1.81. The van der Waals surface area contributed by atoms with E-state index in [1.165, 1.54) is 5.56 Å². The molecule has 0 fully saturated rings. The van der Waals surface area contributed by atoms with Crippen LogP contribution in [0.1, 0.15) is 25.3 Å². The maximum absolute atomic E-state index is 5.66. The fourth-order valence-corrected chi connectivity index (χ4v) is 1.80. The summed E-state index contributed by atoms with van der Waals surface area (Å²) in [5.74, 6) is 1.12. The zero-order valence-electron chi connectivity index (χ0n) is 9.94. The van der Waals surface area contributed by atoms with E-state index in [-0.39, 0.29) is 0 Å². The molecule has 0 saturated carbocycles. The van der Waals surface area contributed by atoms with Gasteiger partial charge in [0.05, 0.1) is 5.69 Å². The largest absolute Gasteiger partial charge is 0.382 e. The van der Waals surface area contributed by atoms with Crippen molar-refractivity contribution in [3.8, 4) is 11.3 Å². The molecule has 3 heteroatoms. The lowest BCUT2D eigenvalue weighted by molar-refractivity contribution is 0.780. The van der Waals surface area contributed by atoms with Crippen molar-refractivity contribution in [2.45, 2.75) is 19.8 Å². The Kier molecular flexibility index (Phi) is 2.69. The summed E-state index contributed by atoms with van der Waals surface area (Å²) in [4.78, 5) is 0. The summed E-state index contributed by atoms with van der Waals surface area (Å²) >= 11 is 0. The lowest BCUT2D eigenvalue weighted by atomic mass is 10.0. The molecule has 2 rings (SSSR count). The Balaban J connectivity index is 2.38. The van der Waals surface area contributed by atoms with E-state index in [1.807, 2.05) is 13.1 Å². The Labute approximate surface area is 95.9 Å². The van der Waals surface area contributed by atoms with Gasteiger partial charge >= 0.3 is 0 Å². The van der Waals surface area contributed by atoms with Crippen LogP contribution in [-0.4, -0.2) is 9.78 Å². The maximum Gasteiger partial charge on any atom is 0.146 e. The Morgan fingerprint density at radius 3 is 2.25 bits per heavy atom. The minimum atomic E-state index is 0.561. The van der Waals surface area contributed by atoms with Gasteiger partial charge in [-0.2, -0.15) is 5.10 Å². The highest BCUT2D eigenvalue weighted by atomic mass is 15.3. The van der Waals surface area contributed by atoms with Gasteiger partial charge in [0.25, 0.3) is 0 Å². The SMILES string of the molecule is CC(C)c1ccc(-c2cc(N)nn2C)cc1. The quantitative estimate of drug-likeness (QED) is 0.837. The fourth-order valence-electron chi connectivity index (χ4n) is 1.80. The van der Waals surface area contributed by atoms with E-state index in [2.05, 4.69) is 43.2 Å². The zero-order valence-corrected chi connectivity index (χ0v) is 9.94. The van der Waals surface area contributed by atoms with E-state index in [1.54, 1.807) is 4.68 Å². The number of anilines is 1. The van der Waals surface area contributed by atoms with Gasteiger partial charge in [0.15, 0.2) is 0 Å². The number of hydrogen-bond acceptors (Lipinski definition) is 2. The second-order valence-corrected chi connectivity index (χ2v) is 4.35. The van der Waals surface area contributed by atoms with Gasteiger partial charge in [0.2, 0.25) is 0 Å². The Hall–Kier alpha value is -1.77. The van der Waals surface area contributed by atoms with Crippen molar-refractivity contribution in [3.05, 3.63) is 35.9 Å². The van der Waals surface area contributed by atoms with Crippen molar-refractivity contribution in [1.82, 2.24) is 9.78 Å². The van der Waals surface area contributed by atoms with E-state index < -0.39 is 0 Å². The molecule has 0 bridgehead atoms. The molecule has 0 aliphatic rings. The number of nitrogens with zero attached hydrogens (tertiary/aromatic N) is 2. The summed E-state index contributed by atoms with van der Waals surface area (Å²) in [5.41, 5.74) is 9.21. The molecule has 2 aromatic rings. The molecular weight excluding hydrogens is 198 g/mol. The maximum atomic E-state index is 5.66. The topological polar surface area (TPSA) is 43.8 Å². The summed E-state index contributed by atoms with van der Waals surface area (Å²) in [6.45, 7) is 4.38. The van der Waals surface area contributed by atoms with Gasteiger partial charge in [0, 0.05) is 13.1 Å². The molecule has 3 nitrogen and oxygen atoms in total. The monoisotopic (exact) mass is 215 g/mol. The molecule has 0 saturated heterocycles. The van der Waals surface area contributed by atoms with Crippen LogP contribution in [0.2, 0.25) is 0 Å². The van der Waals surface area contributed by atoms with Crippen molar-refractivity contribution >= 4 is 5.82 Å². The first-order valence-corrected chi connectivity index (χ1v) is 5.48. The number of hydrogen-bond donors (Lipinski definition) is 1. The van der Waals surface area contributed by atoms with Crippen molar-refractivity contribution < 1.29 is 0 Å². The molecule has 0 aliphatic carbocycles. The van der Waals surface area contributed by atoms with Crippen molar-refractivity contribution in [1.29, 1.82) is 0 Å². The summed E-state index contributed by atoms with van der Waals surface area (Å²) in [6.07, 6.45) is 0. The fraction of sp³-hybridized carbons (Fsp3) is 0.308. The molecule has 0 spiro atoms. The molecular formula is C13H17N3. The standard InChI is InChI=1S/C13H17N3/c1-9(2)10-4-6-11(7-5-10)12-8-13(14)15-16(12)3/h4-9H,1-3H3,(H2,14,15). The lowest BCUT2D eigenvalue weighted by Gasteiger charge is -2.06. The Morgan fingerprint density at radius 1 is 1.19 bits per heavy atom. The lowest BCUT2D eigenvalue weighted by Crippen LogP contribution is -1.95. The second-order valence-electron chi connectivity index (χ2n) is 4.35. The van der Waals surface area contributed by atoms with Gasteiger partial charge in [-0.25, -0.2) is 0 Å². The summed E-state index contributed by atoms with van der Waals surface area (Å²) in [7, 11) is 1.90. The first-order valence-electron chi connectivity index (χ1n) is 5.48. The van der Waals surface area contributed by atoms with Gasteiger partial charge in [-0.3, -0.25) is 4.68 Å². The van der Waals surface area contributed by atoms with Crippen LogP contribution in [0.4, 0.5) is 5.82 Å². The molecule has 0 aliphatic heterocycles. The van der Waals surface area contributed by atoms with Gasteiger partial charge in [-0.05, 0) is 17.0 Å². The number of rotatable bonds is 2. The van der Waals surface area contributed by atoms with E-state index in [0.29, 0.717) is 11.7 Å². The van der Waals surface area contributed by atoms with Crippen LogP contribution in [0.15, 0.2) is 30.3 Å². The Bertz CT molecular complexity index is 480. The van der Waals surface area contributed by atoms with Crippen molar-refractivity contribution in [2.24, 2.45) is 7.05 Å². The normalized spacial score (nSPS) is 11.0. The Morgan fingerprint density at radius 2 is 1.81 bits per heavy atom. The molecule has 0 atom stereocenters. The number of nitrogens with two attached hydrogens (primary N) is 1. The van der Waals surface area contributed by atoms with Crippen LogP contribution in [0.3, 0.4) is 0 Å². The molecule has 0 amide bonds. The van der Waals surface area contributed by atoms with Gasteiger partial charge in [-0.1, -0.05) is 38.1 Å². The van der Waals surface area contributed by atoms with E-state index in [9.17, 15) is 0 Å². The van der Waals surface area contributed by atoms with Crippen LogP contribution in [-0.2, 0) is 7.05 Å². The van der Waals surface area contributed by atoms with E-state index >= 15 is 0 Å². The molecule has 1 aromatic heterocycles. The highest BCUT2D eigenvalue weighted by Crippen LogP contribution is 2.23. The first kappa shape index (κ1) is 10.7. The molecule has 0 radical (unpaired) electrons. The predicted octanol–water partition coefficient (Wildman–Crippen LogP) is 2.79. The van der Waals surface area contributed by atoms with Crippen molar-refractivity contribution in [2.75, 3.05) is 5.73 Å². The zero-order chi connectivity index (χ0) is 11.7. The summed E-state index contributed by atoms with van der Waals surface area (Å²) in [5, 5.41) is 4.14. The van der Waals surface area contributed by atoms with E-state index in [0.717, 1.165) is 11.3 Å². The number of benzene rings is 1. The summed E-state index contributed by atoms with van der Waals surface area (Å²) in [6, 6.07) is 10.4. The van der Waals surface area contributed by atoms with Gasteiger partial charge in [-0.15, -0.1) is 0 Å². The molecule has 1 aromatic carbocycles. The third kappa shape index (κ3) is 1.94. The molecule has 2 N–H and O–H groups in total. The highest BCUT2D eigenvalue weighted by molar-refractivity contribution is 5.63. The third-order valence-corrected chi connectivity index (χ3v) is 2.77. The van der Waals surface area contributed by atoms with Crippen LogP contribution >= 0.6 is 0 Å². The third-order valence-electron chi connectivity index (χ3n) is 2.77. The molecule has 0 unspecified atom stereocenters. The second kappa shape index (κ2) is 4.00. The van der Waals surface area contributed by atoms with Crippen LogP contribution in [0.25, 0.3) is 11.3 Å². The van der Waals surface area contributed by atoms with Crippen LogP contribution in [0, 0.1) is 0 Å². The molecule has 84 valence electrons. The molecule has 16 heavy (non-hydrogen) atoms. The molecule has 1 heterocycles. The number of aryl methyl sites for hydroxylation is 1. The van der Waals surface area contributed by atoms with Crippen LogP contribution < -0.4 is 5.73 Å². The average molecular weight is 215 g/mol. The van der Waals surface area contributed by atoms with Gasteiger partial charge in [0.1, 0.15) is 5.82 Å². The highest BCUT2D eigenvalue weighted by Gasteiger charge is 2.06.